The Balaban J connectivity index is 2.06. The maximum atomic E-state index is 13.9. The first-order valence-corrected chi connectivity index (χ1v) is 14.6. The largest absolute Gasteiger partial charge is 0.350 e. The number of nitrogens with one attached hydrogen (secondary N) is 1. The second-order valence-electron chi connectivity index (χ2n) is 10.4. The maximum Gasteiger partial charge on any atom is 0.264 e. The van der Waals surface area contributed by atoms with Crippen LogP contribution >= 0.6 is 23.2 Å². The van der Waals surface area contributed by atoms with Gasteiger partial charge < -0.3 is 10.2 Å². The van der Waals surface area contributed by atoms with Gasteiger partial charge in [-0.2, -0.15) is 0 Å². The van der Waals surface area contributed by atoms with E-state index in [0.29, 0.717) is 0 Å². The molecule has 208 valence electrons. The summed E-state index contributed by atoms with van der Waals surface area (Å²) in [5.41, 5.74) is 1.41. The zero-order valence-electron chi connectivity index (χ0n) is 22.6. The number of aryl methyl sites for hydroxylation is 1. The van der Waals surface area contributed by atoms with E-state index in [1.165, 1.54) is 35.2 Å². The molecule has 0 aliphatic heterocycles. The molecule has 3 aromatic rings. The highest BCUT2D eigenvalue weighted by molar-refractivity contribution is 7.92. The first-order chi connectivity index (χ1) is 18.2. The fourth-order valence-electron chi connectivity index (χ4n) is 4.00. The molecule has 10 heteroatoms. The first kappa shape index (κ1) is 30.5. The van der Waals surface area contributed by atoms with E-state index < -0.39 is 34.1 Å². The molecule has 0 aliphatic carbocycles. The molecule has 1 N–H and O–H groups in total. The summed E-state index contributed by atoms with van der Waals surface area (Å²) in [4.78, 5) is 28.5. The van der Waals surface area contributed by atoms with Crippen LogP contribution in [0.1, 0.15) is 38.8 Å². The summed E-state index contributed by atoms with van der Waals surface area (Å²) in [5, 5.41) is 3.34. The highest BCUT2D eigenvalue weighted by atomic mass is 35.5. The van der Waals surface area contributed by atoms with Gasteiger partial charge in [-0.15, -0.1) is 0 Å². The molecule has 0 aromatic heterocycles. The van der Waals surface area contributed by atoms with Crippen molar-refractivity contribution in [2.75, 3.05) is 10.8 Å². The predicted molar refractivity (Wildman–Crippen MR) is 157 cm³/mol. The van der Waals surface area contributed by atoms with Crippen LogP contribution < -0.4 is 9.62 Å². The fourth-order valence-corrected chi connectivity index (χ4v) is 5.93. The molecule has 1 unspecified atom stereocenters. The molecule has 0 fully saturated rings. The van der Waals surface area contributed by atoms with E-state index in [-0.39, 0.29) is 33.1 Å². The van der Waals surface area contributed by atoms with E-state index in [9.17, 15) is 18.0 Å². The normalized spacial score (nSPS) is 12.5. The lowest BCUT2D eigenvalue weighted by Gasteiger charge is -2.33. The van der Waals surface area contributed by atoms with E-state index in [4.69, 9.17) is 23.2 Å². The number of carbonyl (C=O) groups is 2. The van der Waals surface area contributed by atoms with Crippen LogP contribution in [-0.4, -0.2) is 43.3 Å². The summed E-state index contributed by atoms with van der Waals surface area (Å²) >= 11 is 12.4. The molecule has 2 amide bonds. The highest BCUT2D eigenvalue weighted by Crippen LogP contribution is 2.30. The zero-order valence-corrected chi connectivity index (χ0v) is 24.9. The molecule has 3 aromatic carbocycles. The molecule has 1 atom stereocenters. The molecule has 39 heavy (non-hydrogen) atoms. The maximum absolute atomic E-state index is 13.9. The Bertz CT molecular complexity index is 1420. The first-order valence-electron chi connectivity index (χ1n) is 12.4. The van der Waals surface area contributed by atoms with Crippen LogP contribution in [0.25, 0.3) is 0 Å². The number of carbonyl (C=O) groups excluding carboxylic acids is 2. The van der Waals surface area contributed by atoms with Gasteiger partial charge in [0.05, 0.1) is 10.6 Å². The van der Waals surface area contributed by atoms with Crippen molar-refractivity contribution in [1.29, 1.82) is 0 Å². The number of hydrogen-bond donors (Lipinski definition) is 1. The fraction of sp³-hybridized carbons (Fsp3) is 0.310. The third-order valence-corrected chi connectivity index (χ3v) is 8.07. The molecular weight excluding hydrogens is 557 g/mol. The summed E-state index contributed by atoms with van der Waals surface area (Å²) in [7, 11) is -4.20. The lowest BCUT2D eigenvalue weighted by atomic mass is 10.1. The molecule has 0 heterocycles. The molecule has 3 rings (SSSR count). The molecule has 0 radical (unpaired) electrons. The van der Waals surface area contributed by atoms with Crippen LogP contribution in [0.3, 0.4) is 0 Å². The minimum Gasteiger partial charge on any atom is -0.350 e. The molecule has 0 aliphatic rings. The van der Waals surface area contributed by atoms with E-state index in [1.807, 2.05) is 52.0 Å². The Morgan fingerprint density at radius 1 is 0.923 bits per heavy atom. The van der Waals surface area contributed by atoms with Crippen molar-refractivity contribution in [2.45, 2.75) is 57.6 Å². The van der Waals surface area contributed by atoms with Crippen molar-refractivity contribution in [2.24, 2.45) is 0 Å². The number of sulfonamides is 1. The minimum atomic E-state index is -4.20. The zero-order chi connectivity index (χ0) is 29.0. The molecule has 0 bridgehead atoms. The van der Waals surface area contributed by atoms with Gasteiger partial charge in [-0.25, -0.2) is 8.42 Å². The second-order valence-corrected chi connectivity index (χ2v) is 13.1. The Hall–Kier alpha value is -3.07. The third kappa shape index (κ3) is 8.21. The molecule has 0 saturated carbocycles. The molecular formula is C29H33Cl2N3O4S. The SMILES string of the molecule is Cc1cccc(CN(C(=O)CN(c2cc(Cl)cc(Cl)c2)S(=O)(=O)c2ccccc2)C(C)C(=O)NC(C)(C)C)c1. The van der Waals surface area contributed by atoms with Gasteiger partial charge in [0.15, 0.2) is 0 Å². The lowest BCUT2D eigenvalue weighted by Crippen LogP contribution is -2.54. The van der Waals surface area contributed by atoms with E-state index in [2.05, 4.69) is 5.32 Å². The Kier molecular flexibility index (Phi) is 9.69. The van der Waals surface area contributed by atoms with Crippen molar-refractivity contribution >= 4 is 50.7 Å². The van der Waals surface area contributed by atoms with E-state index in [0.717, 1.165) is 15.4 Å². The summed E-state index contributed by atoms with van der Waals surface area (Å²) in [5.74, 6) is -0.921. The minimum absolute atomic E-state index is 0.00217. The highest BCUT2D eigenvalue weighted by Gasteiger charge is 2.33. The quantitative estimate of drug-likeness (QED) is 0.340. The monoisotopic (exact) mass is 589 g/mol. The number of benzene rings is 3. The van der Waals surface area contributed by atoms with Crippen molar-refractivity contribution in [3.63, 3.8) is 0 Å². The second kappa shape index (κ2) is 12.4. The van der Waals surface area contributed by atoms with Gasteiger partial charge in [0.25, 0.3) is 10.0 Å². The van der Waals surface area contributed by atoms with Crippen molar-refractivity contribution in [1.82, 2.24) is 10.2 Å². The third-order valence-electron chi connectivity index (χ3n) is 5.85. The van der Waals surface area contributed by atoms with Crippen LogP contribution in [-0.2, 0) is 26.2 Å². The summed E-state index contributed by atoms with van der Waals surface area (Å²) < 4.78 is 28.6. The number of anilines is 1. The number of nitrogens with zero attached hydrogens (tertiary/aromatic N) is 2. The van der Waals surface area contributed by atoms with Crippen molar-refractivity contribution < 1.29 is 18.0 Å². The smallest absolute Gasteiger partial charge is 0.264 e. The average Bonchev–Trinajstić information content (AvgIpc) is 2.84. The van der Waals surface area contributed by atoms with Gasteiger partial charge in [0.1, 0.15) is 12.6 Å². The van der Waals surface area contributed by atoms with Crippen LogP contribution in [0.4, 0.5) is 5.69 Å². The Labute approximate surface area is 240 Å². The van der Waals surface area contributed by atoms with Crippen LogP contribution in [0, 0.1) is 6.92 Å². The van der Waals surface area contributed by atoms with Crippen molar-refractivity contribution in [3.05, 3.63) is 94.0 Å². The van der Waals surface area contributed by atoms with Gasteiger partial charge in [-0.1, -0.05) is 71.2 Å². The number of rotatable bonds is 9. The van der Waals surface area contributed by atoms with Crippen molar-refractivity contribution in [3.8, 4) is 0 Å². The van der Waals surface area contributed by atoms with Crippen LogP contribution in [0.2, 0.25) is 10.0 Å². The van der Waals surface area contributed by atoms with Crippen LogP contribution in [0.5, 0.6) is 0 Å². The Morgan fingerprint density at radius 2 is 1.54 bits per heavy atom. The summed E-state index contributed by atoms with van der Waals surface area (Å²) in [6.45, 7) is 8.63. The molecule has 0 saturated heterocycles. The van der Waals surface area contributed by atoms with Gasteiger partial charge in [0, 0.05) is 22.1 Å². The number of halogens is 2. The van der Waals surface area contributed by atoms with Gasteiger partial charge in [-0.3, -0.25) is 13.9 Å². The van der Waals surface area contributed by atoms with Crippen LogP contribution in [0.15, 0.2) is 77.7 Å². The van der Waals surface area contributed by atoms with Gasteiger partial charge >= 0.3 is 0 Å². The lowest BCUT2D eigenvalue weighted by molar-refractivity contribution is -0.140. The number of amides is 2. The topological polar surface area (TPSA) is 86.8 Å². The predicted octanol–water partition coefficient (Wildman–Crippen LogP) is 5.83. The summed E-state index contributed by atoms with van der Waals surface area (Å²) in [6.07, 6.45) is 0. The number of hydrogen-bond acceptors (Lipinski definition) is 4. The van der Waals surface area contributed by atoms with E-state index >= 15 is 0 Å². The van der Waals surface area contributed by atoms with Gasteiger partial charge in [-0.05, 0) is 70.5 Å². The Morgan fingerprint density at radius 3 is 2.10 bits per heavy atom. The molecule has 0 spiro atoms. The standard InChI is InChI=1S/C29H33Cl2N3O4S/c1-20-10-9-11-22(14-20)18-33(21(2)28(36)32-29(3,4)5)27(35)19-34(25-16-23(30)15-24(31)17-25)39(37,38)26-12-7-6-8-13-26/h6-17,21H,18-19H2,1-5H3,(H,32,36). The molecule has 7 nitrogen and oxygen atoms in total. The van der Waals surface area contributed by atoms with Gasteiger partial charge in [0.2, 0.25) is 11.8 Å². The average molecular weight is 591 g/mol. The summed E-state index contributed by atoms with van der Waals surface area (Å²) in [6, 6.07) is 18.8. The van der Waals surface area contributed by atoms with E-state index in [1.54, 1.807) is 25.1 Å².